The molecular formula is C23H31F6NO2. The third-order valence-electron chi connectivity index (χ3n) is 5.42. The Bertz CT molecular complexity index is 727. The number of carbonyl (C=O) groups is 1. The zero-order valence-electron chi connectivity index (χ0n) is 18.4. The predicted octanol–water partition coefficient (Wildman–Crippen LogP) is 7.25. The van der Waals surface area contributed by atoms with E-state index >= 15 is 0 Å². The summed E-state index contributed by atoms with van der Waals surface area (Å²) in [5.41, 5.74) is 1.02. The van der Waals surface area contributed by atoms with Gasteiger partial charge < -0.3 is 5.11 Å². The van der Waals surface area contributed by atoms with Gasteiger partial charge in [0.05, 0.1) is 5.56 Å². The molecule has 1 aliphatic heterocycles. The summed E-state index contributed by atoms with van der Waals surface area (Å²) in [4.78, 5) is 12.8. The topological polar surface area (TPSA) is 40.5 Å². The molecule has 182 valence electrons. The minimum Gasteiger partial charge on any atom is -0.481 e. The zero-order chi connectivity index (χ0) is 24.5. The van der Waals surface area contributed by atoms with E-state index in [1.807, 2.05) is 11.8 Å². The molecule has 1 heterocycles. The van der Waals surface area contributed by atoms with Crippen LogP contribution in [0.15, 0.2) is 36.4 Å². The van der Waals surface area contributed by atoms with E-state index in [2.05, 4.69) is 13.5 Å². The van der Waals surface area contributed by atoms with Crippen LogP contribution in [-0.2, 0) is 11.0 Å². The van der Waals surface area contributed by atoms with Gasteiger partial charge in [-0.25, -0.2) is 0 Å². The number of carboxylic acid groups (broad SMARTS) is 1. The van der Waals surface area contributed by atoms with E-state index in [0.717, 1.165) is 18.6 Å². The molecule has 3 nitrogen and oxygen atoms in total. The van der Waals surface area contributed by atoms with E-state index < -0.39 is 36.3 Å². The summed E-state index contributed by atoms with van der Waals surface area (Å²) in [5, 5.41) is 8.98. The maximum absolute atomic E-state index is 12.7. The highest BCUT2D eigenvalue weighted by Gasteiger charge is 2.34. The number of alkyl halides is 6. The first-order chi connectivity index (χ1) is 14.7. The normalized spacial score (nSPS) is 19.8. The summed E-state index contributed by atoms with van der Waals surface area (Å²) in [7, 11) is 0. The lowest BCUT2D eigenvalue weighted by Gasteiger charge is -2.39. The first kappa shape index (κ1) is 28.0. The minimum absolute atomic E-state index is 0.0620. The van der Waals surface area contributed by atoms with Crippen LogP contribution in [0.3, 0.4) is 0 Å². The lowest BCUT2D eigenvalue weighted by molar-refractivity contribution is -0.140. The van der Waals surface area contributed by atoms with Gasteiger partial charge in [0.15, 0.2) is 0 Å². The third-order valence-corrected chi connectivity index (χ3v) is 5.42. The monoisotopic (exact) mass is 467 g/mol. The van der Waals surface area contributed by atoms with Crippen molar-refractivity contribution in [1.82, 2.24) is 4.90 Å². The molecule has 1 aliphatic rings. The fraction of sp³-hybridized carbons (Fsp3) is 0.609. The molecular weight excluding hydrogens is 436 g/mol. The molecule has 1 fully saturated rings. The molecule has 1 N–H and O–H groups in total. The molecule has 0 spiro atoms. The first-order valence-electron chi connectivity index (χ1n) is 10.6. The maximum atomic E-state index is 12.7. The number of allylic oxidation sites excluding steroid dienone is 1. The molecule has 0 aromatic heterocycles. The van der Waals surface area contributed by atoms with Crippen molar-refractivity contribution in [3.63, 3.8) is 0 Å². The Hall–Kier alpha value is -2.03. The summed E-state index contributed by atoms with van der Waals surface area (Å²) >= 11 is 0. The third kappa shape index (κ3) is 10.5. The summed E-state index contributed by atoms with van der Waals surface area (Å²) < 4.78 is 75.4. The summed E-state index contributed by atoms with van der Waals surface area (Å²) in [6, 6.07) is 4.16. The number of hydrogen-bond donors (Lipinski definition) is 1. The lowest BCUT2D eigenvalue weighted by Crippen LogP contribution is -2.38. The average molecular weight is 467 g/mol. The van der Waals surface area contributed by atoms with Crippen LogP contribution in [0, 0.1) is 5.92 Å². The van der Waals surface area contributed by atoms with Crippen molar-refractivity contribution in [3.8, 4) is 0 Å². The van der Waals surface area contributed by atoms with Crippen molar-refractivity contribution in [2.24, 2.45) is 5.92 Å². The summed E-state index contributed by atoms with van der Waals surface area (Å²) in [6.45, 7) is 8.38. The highest BCUT2D eigenvalue weighted by molar-refractivity contribution is 5.67. The van der Waals surface area contributed by atoms with Gasteiger partial charge in [-0.2, -0.15) is 26.3 Å². The van der Waals surface area contributed by atoms with E-state index in [1.54, 1.807) is 0 Å². The van der Waals surface area contributed by atoms with Crippen molar-refractivity contribution in [2.45, 2.75) is 70.8 Å². The molecule has 2 rings (SSSR count). The maximum Gasteiger partial charge on any atom is 0.416 e. The van der Waals surface area contributed by atoms with Gasteiger partial charge in [0.1, 0.15) is 0 Å². The highest BCUT2D eigenvalue weighted by atomic mass is 19.4. The number of halogens is 6. The van der Waals surface area contributed by atoms with Crippen LogP contribution in [-0.4, -0.2) is 35.2 Å². The van der Waals surface area contributed by atoms with Crippen LogP contribution in [0.5, 0.6) is 0 Å². The number of hydrogen-bond acceptors (Lipinski definition) is 2. The Balaban J connectivity index is 0.000000920. The molecule has 1 saturated heterocycles. The Kier molecular flexibility index (Phi) is 10.7. The number of rotatable bonds is 7. The van der Waals surface area contributed by atoms with Crippen molar-refractivity contribution in [1.29, 1.82) is 0 Å². The molecule has 9 heteroatoms. The average Bonchev–Trinajstić information content (AvgIpc) is 2.67. The van der Waals surface area contributed by atoms with Gasteiger partial charge in [-0.05, 0) is 69.3 Å². The van der Waals surface area contributed by atoms with Crippen molar-refractivity contribution < 1.29 is 36.2 Å². The van der Waals surface area contributed by atoms with Crippen LogP contribution in [0.2, 0.25) is 0 Å². The smallest absolute Gasteiger partial charge is 0.416 e. The highest BCUT2D eigenvalue weighted by Crippen LogP contribution is 2.37. The molecule has 0 radical (unpaired) electrons. The van der Waals surface area contributed by atoms with Crippen molar-refractivity contribution in [2.75, 3.05) is 13.1 Å². The van der Waals surface area contributed by atoms with Gasteiger partial charge in [0, 0.05) is 18.9 Å². The summed E-state index contributed by atoms with van der Waals surface area (Å²) in [5.74, 6) is -1.12. The Morgan fingerprint density at radius 3 is 2.16 bits per heavy atom. The van der Waals surface area contributed by atoms with Crippen molar-refractivity contribution >= 4 is 5.97 Å². The van der Waals surface area contributed by atoms with Gasteiger partial charge in [-0.3, -0.25) is 9.69 Å². The molecule has 0 aliphatic carbocycles. The molecule has 1 aromatic carbocycles. The van der Waals surface area contributed by atoms with Gasteiger partial charge in [0.25, 0.3) is 0 Å². The quantitative estimate of drug-likeness (QED) is 0.339. The van der Waals surface area contributed by atoms with Crippen LogP contribution in [0.25, 0.3) is 0 Å². The van der Waals surface area contributed by atoms with E-state index in [1.165, 1.54) is 17.7 Å². The van der Waals surface area contributed by atoms with Crippen LogP contribution in [0.4, 0.5) is 26.3 Å². The standard InChI is InChI=1S/C18H21F6NO2.C5H10/c19-17(20,21)7-1-8-25-9-6-12(11-16(26)27)10-15(25)13-2-4-14(5-3-13)18(22,23)24;1-4-5(2)3/h2-5,12,15H,1,6-11H2,(H,26,27);2,4H2,1,3H3/t12?,15-;/m0./s1. The largest absolute Gasteiger partial charge is 0.481 e. The van der Waals surface area contributed by atoms with Gasteiger partial charge in [-0.15, -0.1) is 6.58 Å². The Morgan fingerprint density at radius 1 is 1.16 bits per heavy atom. The second-order valence-electron chi connectivity index (χ2n) is 8.19. The first-order valence-corrected chi connectivity index (χ1v) is 10.6. The second-order valence-corrected chi connectivity index (χ2v) is 8.19. The Morgan fingerprint density at radius 2 is 1.72 bits per heavy atom. The number of carboxylic acids is 1. The van der Waals surface area contributed by atoms with Crippen LogP contribution < -0.4 is 0 Å². The van der Waals surface area contributed by atoms with E-state index in [4.69, 9.17) is 5.11 Å². The van der Waals surface area contributed by atoms with Gasteiger partial charge >= 0.3 is 18.3 Å². The van der Waals surface area contributed by atoms with E-state index in [-0.39, 0.29) is 25.3 Å². The molecule has 1 unspecified atom stereocenters. The Labute approximate surface area is 185 Å². The van der Waals surface area contributed by atoms with E-state index in [9.17, 15) is 31.1 Å². The number of aliphatic carboxylic acids is 1. The summed E-state index contributed by atoms with van der Waals surface area (Å²) in [6.07, 6.45) is -7.78. The zero-order valence-corrected chi connectivity index (χ0v) is 18.4. The predicted molar refractivity (Wildman–Crippen MR) is 111 cm³/mol. The number of nitrogens with zero attached hydrogens (tertiary/aromatic N) is 1. The molecule has 0 bridgehead atoms. The fourth-order valence-corrected chi connectivity index (χ4v) is 3.51. The lowest BCUT2D eigenvalue weighted by atomic mass is 9.85. The molecule has 1 aromatic rings. The number of piperidine rings is 1. The van der Waals surface area contributed by atoms with Crippen LogP contribution in [0.1, 0.15) is 69.5 Å². The SMILES string of the molecule is C=C(C)CC.O=C(O)CC1CCN(CCCC(F)(F)F)[C@H](c2ccc(C(F)(F)F)cc2)C1. The van der Waals surface area contributed by atoms with Crippen LogP contribution >= 0.6 is 0 Å². The number of likely N-dealkylation sites (tertiary alicyclic amines) is 1. The van der Waals surface area contributed by atoms with Crippen molar-refractivity contribution in [3.05, 3.63) is 47.5 Å². The van der Waals surface area contributed by atoms with Gasteiger partial charge in [0.2, 0.25) is 0 Å². The van der Waals surface area contributed by atoms with E-state index in [0.29, 0.717) is 24.9 Å². The molecule has 32 heavy (non-hydrogen) atoms. The molecule has 0 saturated carbocycles. The number of benzene rings is 1. The van der Waals surface area contributed by atoms with Gasteiger partial charge in [-0.1, -0.05) is 24.6 Å². The minimum atomic E-state index is -4.47. The molecule has 2 atom stereocenters. The second kappa shape index (κ2) is 12.3. The fourth-order valence-electron chi connectivity index (χ4n) is 3.51. The molecule has 0 amide bonds.